The van der Waals surface area contributed by atoms with Crippen molar-refractivity contribution >= 4 is 50.0 Å². The van der Waals surface area contributed by atoms with Crippen LogP contribution < -0.4 is 10.2 Å². The number of rotatable bonds is 5. The lowest BCUT2D eigenvalue weighted by Crippen LogP contribution is -2.18. The molecule has 1 N–H and O–H groups in total. The molecule has 1 aliphatic rings. The van der Waals surface area contributed by atoms with Crippen molar-refractivity contribution in [3.63, 3.8) is 0 Å². The number of hydrazone groups is 1. The van der Waals surface area contributed by atoms with E-state index >= 15 is 0 Å². The average Bonchev–Trinajstić information content (AvgIpc) is 3.23. The van der Waals surface area contributed by atoms with E-state index in [0.717, 1.165) is 20.1 Å². The number of esters is 1. The number of nitrogens with zero attached hydrogens (tertiary/aromatic N) is 1. The summed E-state index contributed by atoms with van der Waals surface area (Å²) in [6.07, 6.45) is 1.43. The fourth-order valence-electron chi connectivity index (χ4n) is 3.00. The van der Waals surface area contributed by atoms with Gasteiger partial charge in [0.25, 0.3) is 5.91 Å². The van der Waals surface area contributed by atoms with Gasteiger partial charge in [-0.25, -0.2) is 10.2 Å². The molecule has 6 nitrogen and oxygen atoms in total. The Labute approximate surface area is 195 Å². The number of ether oxygens (including phenoxy) is 2. The highest BCUT2D eigenvalue weighted by Gasteiger charge is 2.14. The first kappa shape index (κ1) is 21.4. The summed E-state index contributed by atoms with van der Waals surface area (Å²) in [7, 11) is 0. The minimum absolute atomic E-state index is 0.323. The molecule has 0 aromatic heterocycles. The zero-order valence-corrected chi connectivity index (χ0v) is 19.3. The van der Waals surface area contributed by atoms with Crippen molar-refractivity contribution in [1.82, 2.24) is 5.43 Å². The highest BCUT2D eigenvalue weighted by atomic mass is 79.9. The molecule has 1 amide bonds. The van der Waals surface area contributed by atoms with E-state index in [1.54, 1.807) is 54.6 Å². The lowest BCUT2D eigenvalue weighted by Gasteiger charge is -2.08. The molecule has 1 aliphatic heterocycles. The number of carbonyl (C=O) groups excluding carboxylic acids is 2. The molecule has 1 heterocycles. The van der Waals surface area contributed by atoms with Crippen LogP contribution in [-0.4, -0.2) is 18.1 Å². The summed E-state index contributed by atoms with van der Waals surface area (Å²) in [5.41, 5.74) is 6.05. The highest BCUT2D eigenvalue weighted by Crippen LogP contribution is 2.24. The van der Waals surface area contributed by atoms with Gasteiger partial charge in [0, 0.05) is 20.1 Å². The van der Waals surface area contributed by atoms with Gasteiger partial charge in [0.2, 0.25) is 0 Å². The Morgan fingerprint density at radius 2 is 1.61 bits per heavy atom. The molecule has 8 heteroatoms. The summed E-state index contributed by atoms with van der Waals surface area (Å²) in [5, 5.41) is 4.03. The molecule has 0 atom stereocenters. The summed E-state index contributed by atoms with van der Waals surface area (Å²) >= 11 is 6.73. The monoisotopic (exact) mass is 542 g/mol. The van der Waals surface area contributed by atoms with Gasteiger partial charge < -0.3 is 9.47 Å². The second-order valence-corrected chi connectivity index (χ2v) is 8.59. The second kappa shape index (κ2) is 9.55. The molecular formula is C23H16Br2N2O4. The number of carbonyl (C=O) groups is 2. The number of hydrogen-bond acceptors (Lipinski definition) is 5. The standard InChI is InChI=1S/C23H16Br2N2O4/c24-19-5-3-14(4-6-19)23(29)31-21-8-7-20(25)10-17(21)11-26-27-22(28)15-1-2-16-12-30-13-18(16)9-15/h1-11H,12-13H2,(H,27,28). The Hall–Kier alpha value is -2.81. The number of amides is 1. The van der Waals surface area contributed by atoms with Crippen molar-refractivity contribution in [3.05, 3.63) is 97.4 Å². The fourth-order valence-corrected chi connectivity index (χ4v) is 3.64. The largest absolute Gasteiger partial charge is 0.422 e. The maximum absolute atomic E-state index is 12.4. The Kier molecular flexibility index (Phi) is 6.60. The number of halogens is 2. The second-order valence-electron chi connectivity index (χ2n) is 6.75. The van der Waals surface area contributed by atoms with Crippen LogP contribution in [0.15, 0.2) is 74.7 Å². The Morgan fingerprint density at radius 1 is 0.903 bits per heavy atom. The molecule has 0 spiro atoms. The van der Waals surface area contributed by atoms with Gasteiger partial charge in [-0.15, -0.1) is 0 Å². The minimum atomic E-state index is -0.492. The van der Waals surface area contributed by atoms with Crippen LogP contribution in [-0.2, 0) is 18.0 Å². The molecule has 0 bridgehead atoms. The van der Waals surface area contributed by atoms with Crippen LogP contribution in [0.2, 0.25) is 0 Å². The van der Waals surface area contributed by atoms with Crippen molar-refractivity contribution in [1.29, 1.82) is 0 Å². The summed E-state index contributed by atoms with van der Waals surface area (Å²) in [5.74, 6) is -0.507. The predicted octanol–water partition coefficient (Wildman–Crippen LogP) is 5.22. The highest BCUT2D eigenvalue weighted by molar-refractivity contribution is 9.10. The third kappa shape index (κ3) is 5.28. The van der Waals surface area contributed by atoms with E-state index in [2.05, 4.69) is 42.4 Å². The third-order valence-electron chi connectivity index (χ3n) is 4.61. The number of hydrogen-bond donors (Lipinski definition) is 1. The minimum Gasteiger partial charge on any atom is -0.422 e. The van der Waals surface area contributed by atoms with E-state index in [4.69, 9.17) is 9.47 Å². The summed E-state index contributed by atoms with van der Waals surface area (Å²) in [6, 6.07) is 17.4. The van der Waals surface area contributed by atoms with Gasteiger partial charge in [-0.1, -0.05) is 37.9 Å². The van der Waals surface area contributed by atoms with Crippen LogP contribution in [0.5, 0.6) is 5.75 Å². The smallest absolute Gasteiger partial charge is 0.343 e. The topological polar surface area (TPSA) is 77.0 Å². The quantitative estimate of drug-likeness (QED) is 0.207. The maximum Gasteiger partial charge on any atom is 0.343 e. The Morgan fingerprint density at radius 3 is 2.42 bits per heavy atom. The van der Waals surface area contributed by atoms with Gasteiger partial charge in [-0.05, 0) is 65.7 Å². The van der Waals surface area contributed by atoms with Gasteiger partial charge >= 0.3 is 5.97 Å². The molecule has 3 aromatic carbocycles. The van der Waals surface area contributed by atoms with Crippen molar-refractivity contribution in [2.75, 3.05) is 0 Å². The van der Waals surface area contributed by atoms with Crippen LogP contribution >= 0.6 is 31.9 Å². The summed E-state index contributed by atoms with van der Waals surface area (Å²) < 4.78 is 12.5. The fraction of sp³-hybridized carbons (Fsp3) is 0.0870. The van der Waals surface area contributed by atoms with E-state index in [-0.39, 0.29) is 5.91 Å². The SMILES string of the molecule is O=C(NN=Cc1cc(Br)ccc1OC(=O)c1ccc(Br)cc1)c1ccc2c(c1)COC2. The van der Waals surface area contributed by atoms with E-state index in [9.17, 15) is 9.59 Å². The summed E-state index contributed by atoms with van der Waals surface area (Å²) in [4.78, 5) is 24.9. The first-order valence-electron chi connectivity index (χ1n) is 9.30. The van der Waals surface area contributed by atoms with Crippen molar-refractivity contribution in [2.24, 2.45) is 5.10 Å². The van der Waals surface area contributed by atoms with Crippen molar-refractivity contribution in [2.45, 2.75) is 13.2 Å². The zero-order chi connectivity index (χ0) is 21.8. The number of fused-ring (bicyclic) bond motifs is 1. The van der Waals surface area contributed by atoms with E-state index in [1.165, 1.54) is 6.21 Å². The van der Waals surface area contributed by atoms with Crippen LogP contribution in [0.4, 0.5) is 0 Å². The van der Waals surface area contributed by atoms with Gasteiger partial charge in [0.15, 0.2) is 0 Å². The van der Waals surface area contributed by atoms with Crippen LogP contribution in [0.25, 0.3) is 0 Å². The van der Waals surface area contributed by atoms with Crippen LogP contribution in [0.1, 0.15) is 37.4 Å². The average molecular weight is 544 g/mol. The Bertz CT molecular complexity index is 1180. The molecule has 0 fully saturated rings. The van der Waals surface area contributed by atoms with Crippen molar-refractivity contribution < 1.29 is 19.1 Å². The lowest BCUT2D eigenvalue weighted by molar-refractivity contribution is 0.0734. The molecule has 3 aromatic rings. The normalized spacial score (nSPS) is 12.6. The first-order valence-corrected chi connectivity index (χ1v) is 10.9. The molecule has 0 aliphatic carbocycles. The van der Waals surface area contributed by atoms with E-state index in [1.807, 2.05) is 6.07 Å². The van der Waals surface area contributed by atoms with E-state index in [0.29, 0.717) is 35.7 Å². The van der Waals surface area contributed by atoms with Gasteiger partial charge in [0.05, 0.1) is 25.0 Å². The molecule has 0 saturated heterocycles. The molecule has 31 heavy (non-hydrogen) atoms. The Balaban J connectivity index is 1.47. The summed E-state index contributed by atoms with van der Waals surface area (Å²) in [6.45, 7) is 1.07. The molecule has 0 unspecified atom stereocenters. The first-order chi connectivity index (χ1) is 15.0. The van der Waals surface area contributed by atoms with Crippen molar-refractivity contribution in [3.8, 4) is 5.75 Å². The molecule has 0 saturated carbocycles. The predicted molar refractivity (Wildman–Crippen MR) is 123 cm³/mol. The van der Waals surface area contributed by atoms with Crippen LogP contribution in [0.3, 0.4) is 0 Å². The molecular weight excluding hydrogens is 528 g/mol. The molecule has 4 rings (SSSR count). The number of nitrogens with one attached hydrogen (secondary N) is 1. The third-order valence-corrected chi connectivity index (χ3v) is 5.63. The number of benzene rings is 3. The lowest BCUT2D eigenvalue weighted by atomic mass is 10.1. The van der Waals surface area contributed by atoms with Gasteiger partial charge in [0.1, 0.15) is 5.75 Å². The molecule has 156 valence electrons. The maximum atomic E-state index is 12.4. The molecule has 0 radical (unpaired) electrons. The van der Waals surface area contributed by atoms with E-state index < -0.39 is 5.97 Å². The van der Waals surface area contributed by atoms with Gasteiger partial charge in [-0.3, -0.25) is 4.79 Å². The van der Waals surface area contributed by atoms with Crippen LogP contribution in [0, 0.1) is 0 Å². The zero-order valence-electron chi connectivity index (χ0n) is 16.1. The van der Waals surface area contributed by atoms with Gasteiger partial charge in [-0.2, -0.15) is 5.10 Å².